The second kappa shape index (κ2) is 8.07. The fourth-order valence-electron chi connectivity index (χ4n) is 1.66. The van der Waals surface area contributed by atoms with Crippen LogP contribution in [0.1, 0.15) is 51.9 Å². The topological polar surface area (TPSA) is 97.4 Å². The van der Waals surface area contributed by atoms with Gasteiger partial charge >= 0.3 is 18.3 Å². The predicted molar refractivity (Wildman–Crippen MR) is 91.5 cm³/mol. The molecule has 0 aromatic heterocycles. The van der Waals surface area contributed by atoms with Crippen LogP contribution in [0, 0.1) is 0 Å². The zero-order valence-corrected chi connectivity index (χ0v) is 16.0. The van der Waals surface area contributed by atoms with Crippen molar-refractivity contribution in [3.63, 3.8) is 0 Å². The molecule has 0 bridgehead atoms. The maximum Gasteiger partial charge on any atom is 0.514 e. The van der Waals surface area contributed by atoms with E-state index in [9.17, 15) is 14.4 Å². The van der Waals surface area contributed by atoms with Crippen LogP contribution in [-0.2, 0) is 14.2 Å². The standard InChI is InChI=1S/C18H24O8/c1-17(2,3)25-15(20)23-11-8-9-13(12(10-11)14(19)22-7)24-16(21)26-18(4,5)6/h8-10H,1-7H3. The van der Waals surface area contributed by atoms with E-state index in [1.165, 1.54) is 25.3 Å². The molecule has 8 heteroatoms. The first-order valence-electron chi connectivity index (χ1n) is 7.85. The summed E-state index contributed by atoms with van der Waals surface area (Å²) in [5.41, 5.74) is -1.61. The van der Waals surface area contributed by atoms with Gasteiger partial charge in [-0.3, -0.25) is 0 Å². The Kier molecular flexibility index (Phi) is 6.60. The fourth-order valence-corrected chi connectivity index (χ4v) is 1.66. The third-order valence-electron chi connectivity index (χ3n) is 2.53. The predicted octanol–water partition coefficient (Wildman–Crippen LogP) is 4.10. The molecule has 1 aromatic carbocycles. The molecule has 26 heavy (non-hydrogen) atoms. The Hall–Kier alpha value is -2.77. The number of esters is 1. The largest absolute Gasteiger partial charge is 0.514 e. The van der Waals surface area contributed by atoms with Crippen molar-refractivity contribution in [3.8, 4) is 11.5 Å². The van der Waals surface area contributed by atoms with Crippen molar-refractivity contribution in [2.75, 3.05) is 7.11 Å². The summed E-state index contributed by atoms with van der Waals surface area (Å²) < 4.78 is 24.8. The summed E-state index contributed by atoms with van der Waals surface area (Å²) >= 11 is 0. The van der Waals surface area contributed by atoms with Gasteiger partial charge in [0.05, 0.1) is 7.11 Å². The molecule has 0 heterocycles. The highest BCUT2D eigenvalue weighted by Gasteiger charge is 2.23. The summed E-state index contributed by atoms with van der Waals surface area (Å²) in [6, 6.07) is 3.83. The Bertz CT molecular complexity index is 679. The van der Waals surface area contributed by atoms with E-state index in [1.54, 1.807) is 41.5 Å². The minimum absolute atomic E-state index is 0.0242. The van der Waals surface area contributed by atoms with Crippen LogP contribution in [0.15, 0.2) is 18.2 Å². The smallest absolute Gasteiger partial charge is 0.465 e. The molecule has 0 saturated carbocycles. The van der Waals surface area contributed by atoms with Gasteiger partial charge in [-0.1, -0.05) is 0 Å². The number of benzene rings is 1. The summed E-state index contributed by atoms with van der Waals surface area (Å²) in [5.74, 6) is -0.850. The van der Waals surface area contributed by atoms with E-state index >= 15 is 0 Å². The molecule has 0 N–H and O–H groups in total. The number of methoxy groups -OCH3 is 1. The molecular formula is C18H24O8. The van der Waals surface area contributed by atoms with Gasteiger partial charge in [-0.2, -0.15) is 0 Å². The molecule has 0 aliphatic heterocycles. The van der Waals surface area contributed by atoms with Crippen LogP contribution in [0.2, 0.25) is 0 Å². The molecule has 8 nitrogen and oxygen atoms in total. The number of carbonyl (C=O) groups excluding carboxylic acids is 3. The quantitative estimate of drug-likeness (QED) is 0.447. The molecule has 0 unspecified atom stereocenters. The van der Waals surface area contributed by atoms with E-state index in [4.69, 9.17) is 18.9 Å². The van der Waals surface area contributed by atoms with Crippen LogP contribution < -0.4 is 9.47 Å². The summed E-state index contributed by atoms with van der Waals surface area (Å²) in [6.07, 6.45) is -1.92. The van der Waals surface area contributed by atoms with Gasteiger partial charge in [0, 0.05) is 0 Å². The van der Waals surface area contributed by atoms with E-state index in [-0.39, 0.29) is 17.1 Å². The number of carbonyl (C=O) groups is 3. The van der Waals surface area contributed by atoms with E-state index in [0.29, 0.717) is 0 Å². The Labute approximate surface area is 152 Å². The second-order valence-corrected chi connectivity index (χ2v) is 7.28. The van der Waals surface area contributed by atoms with Crippen LogP contribution in [0.3, 0.4) is 0 Å². The van der Waals surface area contributed by atoms with E-state index in [1.807, 2.05) is 0 Å². The average Bonchev–Trinajstić information content (AvgIpc) is 2.44. The summed E-state index contributed by atoms with van der Waals surface area (Å²) in [6.45, 7) is 10.1. The zero-order valence-electron chi connectivity index (χ0n) is 16.0. The molecule has 144 valence electrons. The molecule has 0 atom stereocenters. The molecule has 0 spiro atoms. The van der Waals surface area contributed by atoms with Crippen LogP contribution >= 0.6 is 0 Å². The number of hydrogen-bond donors (Lipinski definition) is 0. The van der Waals surface area contributed by atoms with Gasteiger partial charge in [-0.15, -0.1) is 0 Å². The van der Waals surface area contributed by atoms with Gasteiger partial charge in [0.2, 0.25) is 0 Å². The lowest BCUT2D eigenvalue weighted by molar-refractivity contribution is 0.0181. The maximum atomic E-state index is 11.9. The van der Waals surface area contributed by atoms with Gasteiger partial charge in [-0.25, -0.2) is 14.4 Å². The lowest BCUT2D eigenvalue weighted by Crippen LogP contribution is -2.26. The molecule has 0 amide bonds. The molecule has 1 rings (SSSR count). The zero-order chi connectivity index (χ0) is 20.1. The lowest BCUT2D eigenvalue weighted by Gasteiger charge is -2.20. The molecule has 0 radical (unpaired) electrons. The average molecular weight is 368 g/mol. The van der Waals surface area contributed by atoms with Gasteiger partial charge in [0.15, 0.2) is 0 Å². The summed E-state index contributed by atoms with van der Waals surface area (Å²) in [5, 5.41) is 0. The van der Waals surface area contributed by atoms with E-state index in [0.717, 1.165) is 0 Å². The first kappa shape index (κ1) is 21.3. The molecule has 1 aromatic rings. The highest BCUT2D eigenvalue weighted by atomic mass is 16.7. The highest BCUT2D eigenvalue weighted by Crippen LogP contribution is 2.26. The van der Waals surface area contributed by atoms with Crippen LogP contribution in [0.5, 0.6) is 11.5 Å². The molecule has 0 aliphatic carbocycles. The van der Waals surface area contributed by atoms with Crippen molar-refractivity contribution in [3.05, 3.63) is 23.8 Å². The second-order valence-electron chi connectivity index (χ2n) is 7.28. The Morgan fingerprint density at radius 2 is 1.31 bits per heavy atom. The Balaban J connectivity index is 3.02. The van der Waals surface area contributed by atoms with Crippen LogP contribution in [0.4, 0.5) is 9.59 Å². The van der Waals surface area contributed by atoms with Gasteiger partial charge in [-0.05, 0) is 59.7 Å². The van der Waals surface area contributed by atoms with Gasteiger partial charge < -0.3 is 23.7 Å². The highest BCUT2D eigenvalue weighted by molar-refractivity contribution is 5.93. The van der Waals surface area contributed by atoms with Crippen molar-refractivity contribution in [1.82, 2.24) is 0 Å². The normalized spacial score (nSPS) is 11.3. The summed E-state index contributed by atoms with van der Waals surface area (Å²) in [7, 11) is 1.17. The molecule has 0 saturated heterocycles. The number of rotatable bonds is 3. The van der Waals surface area contributed by atoms with Crippen LogP contribution in [-0.4, -0.2) is 36.6 Å². The molecular weight excluding hydrogens is 344 g/mol. The van der Waals surface area contributed by atoms with Crippen molar-refractivity contribution < 1.29 is 38.1 Å². The van der Waals surface area contributed by atoms with Crippen molar-refractivity contribution in [2.24, 2.45) is 0 Å². The van der Waals surface area contributed by atoms with Gasteiger partial charge in [0.1, 0.15) is 28.3 Å². The first-order valence-corrected chi connectivity index (χ1v) is 7.85. The number of ether oxygens (including phenoxy) is 5. The third kappa shape index (κ3) is 7.42. The molecule has 0 fully saturated rings. The fraction of sp³-hybridized carbons (Fsp3) is 0.500. The molecule has 0 aliphatic rings. The van der Waals surface area contributed by atoms with Crippen molar-refractivity contribution in [1.29, 1.82) is 0 Å². The van der Waals surface area contributed by atoms with Crippen molar-refractivity contribution >= 4 is 18.3 Å². The SMILES string of the molecule is COC(=O)c1cc(OC(=O)OC(C)(C)C)ccc1OC(=O)OC(C)(C)C. The minimum atomic E-state index is -0.983. The monoisotopic (exact) mass is 368 g/mol. The van der Waals surface area contributed by atoms with E-state index in [2.05, 4.69) is 4.74 Å². The van der Waals surface area contributed by atoms with E-state index < -0.39 is 29.5 Å². The number of hydrogen-bond acceptors (Lipinski definition) is 8. The van der Waals surface area contributed by atoms with Crippen LogP contribution in [0.25, 0.3) is 0 Å². The Morgan fingerprint density at radius 3 is 1.77 bits per heavy atom. The van der Waals surface area contributed by atoms with Crippen molar-refractivity contribution in [2.45, 2.75) is 52.7 Å². The summed E-state index contributed by atoms with van der Waals surface area (Å²) in [4.78, 5) is 35.5. The lowest BCUT2D eigenvalue weighted by atomic mass is 10.2. The third-order valence-corrected chi connectivity index (χ3v) is 2.53. The maximum absolute atomic E-state index is 11.9. The van der Waals surface area contributed by atoms with Gasteiger partial charge in [0.25, 0.3) is 0 Å². The minimum Gasteiger partial charge on any atom is -0.465 e. The first-order chi connectivity index (χ1) is 11.8. The Morgan fingerprint density at radius 1 is 0.808 bits per heavy atom.